The number of hydrogen-bond acceptors (Lipinski definition) is 2. The van der Waals surface area contributed by atoms with Crippen molar-refractivity contribution in [1.29, 1.82) is 0 Å². The summed E-state index contributed by atoms with van der Waals surface area (Å²) < 4.78 is 7.57. The number of aromatic nitrogens is 1. The molecular weight excluding hydrogens is 250 g/mol. The van der Waals surface area contributed by atoms with Crippen molar-refractivity contribution in [2.75, 3.05) is 19.1 Å². The van der Waals surface area contributed by atoms with Crippen molar-refractivity contribution in [3.63, 3.8) is 0 Å². The summed E-state index contributed by atoms with van der Waals surface area (Å²) in [6.45, 7) is 9.65. The molecule has 3 nitrogen and oxygen atoms in total. The van der Waals surface area contributed by atoms with Crippen LogP contribution in [0, 0.1) is 13.8 Å². The summed E-state index contributed by atoms with van der Waals surface area (Å²) >= 11 is 5.59. The minimum Gasteiger partial charge on any atom is -0.379 e. The van der Waals surface area contributed by atoms with Gasteiger partial charge in [-0.3, -0.25) is 4.79 Å². The molecule has 0 spiro atoms. The molecule has 0 aliphatic rings. The van der Waals surface area contributed by atoms with Crippen LogP contribution in [-0.2, 0) is 11.3 Å². The maximum Gasteiger partial charge on any atom is 0.179 e. The summed E-state index contributed by atoms with van der Waals surface area (Å²) in [5.41, 5.74) is 2.74. The number of carbonyl (C=O) groups is 1. The van der Waals surface area contributed by atoms with E-state index in [1.165, 1.54) is 0 Å². The van der Waals surface area contributed by atoms with Gasteiger partial charge in [-0.2, -0.15) is 0 Å². The van der Waals surface area contributed by atoms with Gasteiger partial charge < -0.3 is 9.30 Å². The Hall–Kier alpha value is -1.06. The molecule has 18 heavy (non-hydrogen) atoms. The Balaban J connectivity index is 2.63. The fraction of sp³-hybridized carbons (Fsp3) is 0.500. The first-order chi connectivity index (χ1) is 8.61. The number of ketones is 1. The smallest absolute Gasteiger partial charge is 0.179 e. The molecule has 0 saturated carbocycles. The lowest BCUT2D eigenvalue weighted by molar-refractivity contribution is 0.101. The Morgan fingerprint density at radius 2 is 2.22 bits per heavy atom. The highest BCUT2D eigenvalue weighted by Gasteiger charge is 2.14. The summed E-state index contributed by atoms with van der Waals surface area (Å²) in [6.07, 6.45) is 2.70. The van der Waals surface area contributed by atoms with Crippen molar-refractivity contribution in [2.24, 2.45) is 0 Å². The molecule has 100 valence electrons. The van der Waals surface area contributed by atoms with Crippen LogP contribution in [0.5, 0.6) is 0 Å². The molecular formula is C14H20ClNO2. The molecule has 0 bridgehead atoms. The van der Waals surface area contributed by atoms with E-state index in [4.69, 9.17) is 16.3 Å². The van der Waals surface area contributed by atoms with Crippen LogP contribution in [0.1, 0.15) is 28.2 Å². The minimum atomic E-state index is -0.0245. The molecule has 1 aromatic heterocycles. The molecule has 0 atom stereocenters. The predicted octanol–water partition coefficient (Wildman–Crippen LogP) is 3.12. The highest BCUT2D eigenvalue weighted by molar-refractivity contribution is 6.30. The van der Waals surface area contributed by atoms with Gasteiger partial charge in [-0.25, -0.2) is 0 Å². The molecule has 0 amide bonds. The highest BCUT2D eigenvalue weighted by atomic mass is 35.5. The first-order valence-electron chi connectivity index (χ1n) is 6.06. The summed E-state index contributed by atoms with van der Waals surface area (Å²) in [6, 6.07) is 1.89. The van der Waals surface area contributed by atoms with E-state index in [1.54, 1.807) is 0 Å². The topological polar surface area (TPSA) is 31.2 Å². The number of hydrogen-bond donors (Lipinski definition) is 0. The van der Waals surface area contributed by atoms with E-state index in [0.29, 0.717) is 18.8 Å². The molecule has 0 fully saturated rings. The maximum absolute atomic E-state index is 11.6. The molecule has 1 rings (SSSR count). The van der Waals surface area contributed by atoms with Crippen LogP contribution in [0.2, 0.25) is 0 Å². The normalized spacial score (nSPS) is 10.6. The Kier molecular flexibility index (Phi) is 6.16. The molecule has 0 radical (unpaired) electrons. The zero-order valence-electron chi connectivity index (χ0n) is 11.0. The third-order valence-electron chi connectivity index (χ3n) is 2.92. The third kappa shape index (κ3) is 3.72. The van der Waals surface area contributed by atoms with E-state index >= 15 is 0 Å². The lowest BCUT2D eigenvalue weighted by Gasteiger charge is -2.09. The number of nitrogens with zero attached hydrogens (tertiary/aromatic N) is 1. The largest absolute Gasteiger partial charge is 0.379 e. The van der Waals surface area contributed by atoms with Crippen LogP contribution in [0.4, 0.5) is 0 Å². The lowest BCUT2D eigenvalue weighted by Crippen LogP contribution is -2.10. The van der Waals surface area contributed by atoms with E-state index in [-0.39, 0.29) is 11.7 Å². The average Bonchev–Trinajstić information content (AvgIpc) is 2.65. The summed E-state index contributed by atoms with van der Waals surface area (Å²) in [5.74, 6) is 0.00345. The maximum atomic E-state index is 11.6. The summed E-state index contributed by atoms with van der Waals surface area (Å²) in [5, 5.41) is 0. The van der Waals surface area contributed by atoms with Crippen molar-refractivity contribution in [3.8, 4) is 0 Å². The molecule has 0 unspecified atom stereocenters. The SMILES string of the molecule is C=CCCOCCn1c(C)cc(C(=O)CCl)c1C. The Labute approximate surface area is 113 Å². The van der Waals surface area contributed by atoms with Gasteiger partial charge in [0.05, 0.1) is 19.1 Å². The van der Waals surface area contributed by atoms with E-state index in [1.807, 2.05) is 26.0 Å². The van der Waals surface area contributed by atoms with Crippen molar-refractivity contribution in [1.82, 2.24) is 4.57 Å². The first-order valence-corrected chi connectivity index (χ1v) is 6.59. The lowest BCUT2D eigenvalue weighted by atomic mass is 10.2. The fourth-order valence-corrected chi connectivity index (χ4v) is 2.07. The number of aryl methyl sites for hydroxylation is 1. The number of alkyl halides is 1. The minimum absolute atomic E-state index is 0.0245. The fourth-order valence-electron chi connectivity index (χ4n) is 1.92. The van der Waals surface area contributed by atoms with Crippen LogP contribution >= 0.6 is 11.6 Å². The van der Waals surface area contributed by atoms with Gasteiger partial charge in [-0.15, -0.1) is 18.2 Å². The number of halogens is 1. The van der Waals surface area contributed by atoms with E-state index in [2.05, 4.69) is 11.1 Å². The molecule has 0 saturated heterocycles. The standard InChI is InChI=1S/C14H20ClNO2/c1-4-5-7-18-8-6-16-11(2)9-13(12(16)3)14(17)10-15/h4,9H,1,5-8,10H2,2-3H3. The second kappa shape index (κ2) is 7.39. The van der Waals surface area contributed by atoms with Crippen molar-refractivity contribution >= 4 is 17.4 Å². The molecule has 4 heteroatoms. The molecule has 0 aliphatic carbocycles. The summed E-state index contributed by atoms with van der Waals surface area (Å²) in [4.78, 5) is 11.6. The number of Topliss-reactive ketones (excluding diaryl/α,β-unsaturated/α-hetero) is 1. The van der Waals surface area contributed by atoms with Crippen molar-refractivity contribution in [2.45, 2.75) is 26.8 Å². The molecule has 0 aliphatic heterocycles. The predicted molar refractivity (Wildman–Crippen MR) is 74.6 cm³/mol. The van der Waals surface area contributed by atoms with Gasteiger partial charge in [0.25, 0.3) is 0 Å². The third-order valence-corrected chi connectivity index (χ3v) is 3.16. The van der Waals surface area contributed by atoms with Crippen LogP contribution in [0.15, 0.2) is 18.7 Å². The first kappa shape index (κ1) is 15.0. The Morgan fingerprint density at radius 1 is 1.50 bits per heavy atom. The van der Waals surface area contributed by atoms with E-state index in [9.17, 15) is 4.79 Å². The molecule has 0 N–H and O–H groups in total. The molecule has 0 aromatic carbocycles. The van der Waals surface area contributed by atoms with Crippen molar-refractivity contribution < 1.29 is 9.53 Å². The van der Waals surface area contributed by atoms with E-state index in [0.717, 1.165) is 24.4 Å². The van der Waals surface area contributed by atoms with Gasteiger partial charge >= 0.3 is 0 Å². The van der Waals surface area contributed by atoms with Crippen LogP contribution in [-0.4, -0.2) is 29.4 Å². The van der Waals surface area contributed by atoms with Gasteiger partial charge in [0.1, 0.15) is 0 Å². The second-order valence-corrected chi connectivity index (χ2v) is 4.45. The Bertz CT molecular complexity index is 424. The van der Waals surface area contributed by atoms with Gasteiger partial charge in [0, 0.05) is 23.5 Å². The average molecular weight is 270 g/mol. The molecule has 1 heterocycles. The highest BCUT2D eigenvalue weighted by Crippen LogP contribution is 2.16. The number of ether oxygens (including phenoxy) is 1. The van der Waals surface area contributed by atoms with Crippen LogP contribution < -0.4 is 0 Å². The second-order valence-electron chi connectivity index (χ2n) is 4.18. The monoisotopic (exact) mass is 269 g/mol. The number of carbonyl (C=O) groups excluding carboxylic acids is 1. The van der Waals surface area contributed by atoms with Crippen molar-refractivity contribution in [3.05, 3.63) is 35.7 Å². The molecule has 1 aromatic rings. The van der Waals surface area contributed by atoms with Crippen LogP contribution in [0.25, 0.3) is 0 Å². The van der Waals surface area contributed by atoms with Crippen LogP contribution in [0.3, 0.4) is 0 Å². The van der Waals surface area contributed by atoms with Gasteiger partial charge in [0.2, 0.25) is 0 Å². The Morgan fingerprint density at radius 3 is 2.83 bits per heavy atom. The summed E-state index contributed by atoms with van der Waals surface area (Å²) in [7, 11) is 0. The van der Waals surface area contributed by atoms with Gasteiger partial charge in [0.15, 0.2) is 5.78 Å². The van der Waals surface area contributed by atoms with E-state index < -0.39 is 0 Å². The zero-order chi connectivity index (χ0) is 13.5. The number of rotatable bonds is 8. The van der Waals surface area contributed by atoms with Gasteiger partial charge in [-0.05, 0) is 26.3 Å². The quantitative estimate of drug-likeness (QED) is 0.314. The van der Waals surface area contributed by atoms with Gasteiger partial charge in [-0.1, -0.05) is 6.08 Å². The zero-order valence-corrected chi connectivity index (χ0v) is 11.8.